The van der Waals surface area contributed by atoms with Crippen LogP contribution in [0.25, 0.3) is 11.0 Å². The van der Waals surface area contributed by atoms with Crippen molar-refractivity contribution < 1.29 is 9.18 Å². The van der Waals surface area contributed by atoms with Crippen LogP contribution < -0.4 is 5.73 Å². The molecule has 1 aliphatic rings. The number of hydrogen-bond acceptors (Lipinski definition) is 3. The van der Waals surface area contributed by atoms with Gasteiger partial charge in [-0.2, -0.15) is 0 Å². The average molecular weight is 318 g/mol. The summed E-state index contributed by atoms with van der Waals surface area (Å²) in [6, 6.07) is 4.66. The molecule has 1 fully saturated rings. The molecule has 0 spiro atoms. The second-order valence-corrected chi connectivity index (χ2v) is 6.28. The van der Waals surface area contributed by atoms with Crippen LogP contribution in [0.3, 0.4) is 0 Å². The van der Waals surface area contributed by atoms with E-state index < -0.39 is 0 Å². The summed E-state index contributed by atoms with van der Waals surface area (Å²) in [6.45, 7) is 3.28. The molecule has 1 amide bonds. The zero-order valence-corrected chi connectivity index (χ0v) is 13.4. The highest BCUT2D eigenvalue weighted by Gasteiger charge is 2.30. The van der Waals surface area contributed by atoms with Gasteiger partial charge in [0.05, 0.1) is 11.0 Å². The predicted molar refractivity (Wildman–Crippen MR) is 87.3 cm³/mol. The smallest absolute Gasteiger partial charge is 0.225 e. The van der Waals surface area contributed by atoms with Gasteiger partial charge in [-0.15, -0.1) is 0 Å². The zero-order chi connectivity index (χ0) is 16.4. The number of carbonyl (C=O) groups is 1. The molecule has 2 atom stereocenters. The van der Waals surface area contributed by atoms with Crippen LogP contribution in [-0.4, -0.2) is 39.9 Å². The summed E-state index contributed by atoms with van der Waals surface area (Å²) >= 11 is 0. The number of amides is 1. The highest BCUT2D eigenvalue weighted by atomic mass is 19.1. The minimum Gasteiger partial charge on any atom is -0.342 e. The van der Waals surface area contributed by atoms with Crippen molar-refractivity contribution in [3.05, 3.63) is 29.8 Å². The minimum absolute atomic E-state index is 0.0646. The lowest BCUT2D eigenvalue weighted by atomic mass is 10.1. The second-order valence-electron chi connectivity index (χ2n) is 6.28. The molecule has 3 N–H and O–H groups in total. The van der Waals surface area contributed by atoms with E-state index >= 15 is 0 Å². The highest BCUT2D eigenvalue weighted by molar-refractivity contribution is 5.79. The quantitative estimate of drug-likeness (QED) is 0.887. The van der Waals surface area contributed by atoms with E-state index in [-0.39, 0.29) is 23.7 Å². The van der Waals surface area contributed by atoms with Crippen molar-refractivity contribution in [2.45, 2.75) is 38.6 Å². The lowest BCUT2D eigenvalue weighted by Gasteiger charge is -2.23. The van der Waals surface area contributed by atoms with E-state index in [9.17, 15) is 9.18 Å². The lowest BCUT2D eigenvalue weighted by Crippen LogP contribution is -2.37. The van der Waals surface area contributed by atoms with Gasteiger partial charge < -0.3 is 15.6 Å². The predicted octanol–water partition coefficient (Wildman–Crippen LogP) is 2.22. The zero-order valence-electron chi connectivity index (χ0n) is 13.4. The largest absolute Gasteiger partial charge is 0.342 e. The summed E-state index contributed by atoms with van der Waals surface area (Å²) in [5, 5.41) is 0. The lowest BCUT2D eigenvalue weighted by molar-refractivity contribution is -0.135. The standard InChI is InChI=1S/C17H23FN4O/c1-2-22(17(23)11-3-5-13(19)9-11)8-7-16-20-14-6-4-12(18)10-15(14)21-16/h4,6,10-11,13H,2-3,5,7-9,19H2,1H3,(H,20,21). The molecule has 0 saturated heterocycles. The Balaban J connectivity index is 1.63. The first kappa shape index (κ1) is 15.9. The summed E-state index contributed by atoms with van der Waals surface area (Å²) in [5.41, 5.74) is 7.35. The van der Waals surface area contributed by atoms with Gasteiger partial charge in [0.15, 0.2) is 0 Å². The normalized spacial score (nSPS) is 21.0. The number of nitrogens with one attached hydrogen (secondary N) is 1. The number of nitrogens with two attached hydrogens (primary N) is 1. The van der Waals surface area contributed by atoms with Gasteiger partial charge in [-0.05, 0) is 44.4 Å². The molecule has 0 bridgehead atoms. The van der Waals surface area contributed by atoms with Gasteiger partial charge in [0, 0.05) is 31.5 Å². The highest BCUT2D eigenvalue weighted by Crippen LogP contribution is 2.26. The molecule has 1 heterocycles. The van der Waals surface area contributed by atoms with Crippen molar-refractivity contribution in [3.63, 3.8) is 0 Å². The molecular weight excluding hydrogens is 295 g/mol. The van der Waals surface area contributed by atoms with Crippen LogP contribution in [-0.2, 0) is 11.2 Å². The third kappa shape index (κ3) is 3.52. The fourth-order valence-corrected chi connectivity index (χ4v) is 3.32. The number of fused-ring (bicyclic) bond motifs is 1. The Labute approximate surface area is 135 Å². The molecule has 23 heavy (non-hydrogen) atoms. The molecule has 1 aromatic carbocycles. The van der Waals surface area contributed by atoms with E-state index in [2.05, 4.69) is 9.97 Å². The third-order valence-corrected chi connectivity index (χ3v) is 4.63. The topological polar surface area (TPSA) is 75.0 Å². The molecular formula is C17H23FN4O. The number of halogens is 1. The van der Waals surface area contributed by atoms with Crippen LogP contribution in [0.1, 0.15) is 32.0 Å². The monoisotopic (exact) mass is 318 g/mol. The molecule has 1 saturated carbocycles. The molecule has 2 aromatic rings. The van der Waals surface area contributed by atoms with E-state index in [1.807, 2.05) is 11.8 Å². The third-order valence-electron chi connectivity index (χ3n) is 4.63. The fraction of sp³-hybridized carbons (Fsp3) is 0.529. The number of benzene rings is 1. The molecule has 0 radical (unpaired) electrons. The Morgan fingerprint density at radius 3 is 3.00 bits per heavy atom. The first-order valence-electron chi connectivity index (χ1n) is 8.25. The van der Waals surface area contributed by atoms with Gasteiger partial charge in [-0.1, -0.05) is 0 Å². The van der Waals surface area contributed by atoms with Gasteiger partial charge in [-0.3, -0.25) is 4.79 Å². The van der Waals surface area contributed by atoms with Crippen LogP contribution >= 0.6 is 0 Å². The Kier molecular flexibility index (Phi) is 4.61. The number of carbonyl (C=O) groups excluding carboxylic acids is 1. The first-order valence-corrected chi connectivity index (χ1v) is 8.25. The second kappa shape index (κ2) is 6.66. The van der Waals surface area contributed by atoms with Crippen molar-refractivity contribution in [3.8, 4) is 0 Å². The summed E-state index contributed by atoms with van der Waals surface area (Å²) in [6.07, 6.45) is 3.25. The van der Waals surface area contributed by atoms with E-state index in [1.54, 1.807) is 6.07 Å². The minimum atomic E-state index is -0.282. The fourth-order valence-electron chi connectivity index (χ4n) is 3.32. The number of likely N-dealkylation sites (N-methyl/N-ethyl adjacent to an activating group) is 1. The Morgan fingerprint density at radius 1 is 1.48 bits per heavy atom. The Morgan fingerprint density at radius 2 is 2.30 bits per heavy atom. The van der Waals surface area contributed by atoms with Crippen LogP contribution in [0.4, 0.5) is 4.39 Å². The van der Waals surface area contributed by atoms with E-state index in [1.165, 1.54) is 12.1 Å². The number of aromatic nitrogens is 2. The molecule has 6 heteroatoms. The maximum absolute atomic E-state index is 13.2. The average Bonchev–Trinajstić information content (AvgIpc) is 3.13. The number of rotatable bonds is 5. The van der Waals surface area contributed by atoms with Gasteiger partial charge in [0.2, 0.25) is 5.91 Å². The van der Waals surface area contributed by atoms with E-state index in [0.29, 0.717) is 25.0 Å². The van der Waals surface area contributed by atoms with Gasteiger partial charge in [0.1, 0.15) is 11.6 Å². The first-order chi connectivity index (χ1) is 11.1. The summed E-state index contributed by atoms with van der Waals surface area (Å²) in [5.74, 6) is 0.757. The summed E-state index contributed by atoms with van der Waals surface area (Å²) in [7, 11) is 0. The molecule has 2 unspecified atom stereocenters. The summed E-state index contributed by atoms with van der Waals surface area (Å²) in [4.78, 5) is 22.0. The molecule has 5 nitrogen and oxygen atoms in total. The number of imidazole rings is 1. The Bertz CT molecular complexity index is 699. The van der Waals surface area contributed by atoms with Crippen LogP contribution in [0, 0.1) is 11.7 Å². The van der Waals surface area contributed by atoms with E-state index in [4.69, 9.17) is 5.73 Å². The van der Waals surface area contributed by atoms with Crippen LogP contribution in [0.5, 0.6) is 0 Å². The number of nitrogens with zero attached hydrogens (tertiary/aromatic N) is 2. The van der Waals surface area contributed by atoms with Crippen molar-refractivity contribution in [1.82, 2.24) is 14.9 Å². The number of H-pyrrole nitrogens is 1. The van der Waals surface area contributed by atoms with Crippen molar-refractivity contribution >= 4 is 16.9 Å². The van der Waals surface area contributed by atoms with E-state index in [0.717, 1.165) is 30.6 Å². The summed E-state index contributed by atoms with van der Waals surface area (Å²) < 4.78 is 13.2. The number of aromatic amines is 1. The SMILES string of the molecule is CCN(CCc1nc2ccc(F)cc2[nH]1)C(=O)C1CCC(N)C1. The van der Waals surface area contributed by atoms with Crippen LogP contribution in [0.15, 0.2) is 18.2 Å². The van der Waals surface area contributed by atoms with Crippen LogP contribution in [0.2, 0.25) is 0 Å². The molecule has 1 aliphatic carbocycles. The molecule has 124 valence electrons. The van der Waals surface area contributed by atoms with Gasteiger partial charge >= 0.3 is 0 Å². The van der Waals surface area contributed by atoms with Crippen molar-refractivity contribution in [2.24, 2.45) is 11.7 Å². The van der Waals surface area contributed by atoms with Crippen molar-refractivity contribution in [2.75, 3.05) is 13.1 Å². The molecule has 1 aromatic heterocycles. The number of hydrogen-bond donors (Lipinski definition) is 2. The van der Waals surface area contributed by atoms with Gasteiger partial charge in [-0.25, -0.2) is 9.37 Å². The Hall–Kier alpha value is -1.95. The van der Waals surface area contributed by atoms with Crippen molar-refractivity contribution in [1.29, 1.82) is 0 Å². The molecule has 0 aliphatic heterocycles. The molecule has 3 rings (SSSR count). The maximum atomic E-state index is 13.2. The maximum Gasteiger partial charge on any atom is 0.225 e. The van der Waals surface area contributed by atoms with Gasteiger partial charge in [0.25, 0.3) is 0 Å².